The summed E-state index contributed by atoms with van der Waals surface area (Å²) < 4.78 is 0.866. The number of amides is 2. The lowest BCUT2D eigenvalue weighted by atomic mass is 10.0. The summed E-state index contributed by atoms with van der Waals surface area (Å²) in [5, 5.41) is 5.53. The van der Waals surface area contributed by atoms with Gasteiger partial charge in [-0.05, 0) is 50.1 Å². The van der Waals surface area contributed by atoms with Gasteiger partial charge in [-0.3, -0.25) is 9.59 Å². The van der Waals surface area contributed by atoms with Gasteiger partial charge in [-0.2, -0.15) is 0 Å². The Morgan fingerprint density at radius 1 is 0.957 bits per heavy atom. The normalized spacial score (nSPS) is 10.3. The van der Waals surface area contributed by atoms with Crippen LogP contribution in [0.5, 0.6) is 0 Å². The molecule has 5 heteroatoms. The predicted molar refractivity (Wildman–Crippen MR) is 96.7 cm³/mol. The van der Waals surface area contributed by atoms with E-state index in [2.05, 4.69) is 26.6 Å². The maximum atomic E-state index is 12.1. The smallest absolute Gasteiger partial charge is 0.233 e. The van der Waals surface area contributed by atoms with E-state index in [1.165, 1.54) is 0 Å². The van der Waals surface area contributed by atoms with E-state index in [9.17, 15) is 9.59 Å². The standard InChI is InChI=1S/C18H19BrN2O2/c1-11-7-12(2)18(13(3)8-11)21-17(23)10-16(22)20-15-6-4-5-14(19)9-15/h4-9H,10H2,1-3H3,(H,20,22)(H,21,23). The summed E-state index contributed by atoms with van der Waals surface area (Å²) >= 11 is 3.34. The summed E-state index contributed by atoms with van der Waals surface area (Å²) in [7, 11) is 0. The fraction of sp³-hybridized carbons (Fsp3) is 0.222. The molecule has 0 heterocycles. The molecule has 2 N–H and O–H groups in total. The molecule has 0 aliphatic rings. The van der Waals surface area contributed by atoms with Crippen LogP contribution in [0.2, 0.25) is 0 Å². The zero-order chi connectivity index (χ0) is 17.0. The van der Waals surface area contributed by atoms with Crippen LogP contribution in [0.1, 0.15) is 23.1 Å². The van der Waals surface area contributed by atoms with Crippen molar-refractivity contribution in [1.82, 2.24) is 0 Å². The molecular weight excluding hydrogens is 356 g/mol. The topological polar surface area (TPSA) is 58.2 Å². The summed E-state index contributed by atoms with van der Waals surface area (Å²) in [6.45, 7) is 5.89. The lowest BCUT2D eigenvalue weighted by Crippen LogP contribution is -2.22. The van der Waals surface area contributed by atoms with Gasteiger partial charge in [-0.25, -0.2) is 0 Å². The Balaban J connectivity index is 1.98. The number of nitrogens with one attached hydrogen (secondary N) is 2. The molecule has 0 fully saturated rings. The number of carbonyl (C=O) groups excluding carboxylic acids is 2. The minimum absolute atomic E-state index is 0.223. The summed E-state index contributed by atoms with van der Waals surface area (Å²) in [5.74, 6) is -0.671. The maximum absolute atomic E-state index is 12.1. The summed E-state index contributed by atoms with van der Waals surface area (Å²) in [6.07, 6.45) is -0.223. The zero-order valence-electron chi connectivity index (χ0n) is 13.4. The van der Waals surface area contributed by atoms with E-state index in [0.717, 1.165) is 26.9 Å². The van der Waals surface area contributed by atoms with Crippen molar-refractivity contribution >= 4 is 39.1 Å². The van der Waals surface area contributed by atoms with Crippen LogP contribution >= 0.6 is 15.9 Å². The molecule has 0 atom stereocenters. The average molecular weight is 375 g/mol. The van der Waals surface area contributed by atoms with Crippen LogP contribution in [-0.2, 0) is 9.59 Å². The molecule has 0 spiro atoms. The number of hydrogen-bond donors (Lipinski definition) is 2. The molecule has 0 aliphatic carbocycles. The number of carbonyl (C=O) groups is 2. The van der Waals surface area contributed by atoms with Crippen molar-refractivity contribution in [1.29, 1.82) is 0 Å². The van der Waals surface area contributed by atoms with Crippen molar-refractivity contribution < 1.29 is 9.59 Å². The zero-order valence-corrected chi connectivity index (χ0v) is 15.0. The molecule has 2 amide bonds. The van der Waals surface area contributed by atoms with Gasteiger partial charge in [0.25, 0.3) is 0 Å². The van der Waals surface area contributed by atoms with Crippen molar-refractivity contribution in [2.75, 3.05) is 10.6 Å². The highest BCUT2D eigenvalue weighted by atomic mass is 79.9. The van der Waals surface area contributed by atoms with Crippen LogP contribution < -0.4 is 10.6 Å². The van der Waals surface area contributed by atoms with Gasteiger partial charge in [0.05, 0.1) is 0 Å². The Morgan fingerprint density at radius 3 is 2.17 bits per heavy atom. The molecule has 4 nitrogen and oxygen atoms in total. The second-order valence-corrected chi connectivity index (χ2v) is 6.47. The number of halogens is 1. The van der Waals surface area contributed by atoms with Gasteiger partial charge in [0.15, 0.2) is 0 Å². The minimum Gasteiger partial charge on any atom is -0.326 e. The Labute approximate surface area is 144 Å². The first kappa shape index (κ1) is 17.2. The lowest BCUT2D eigenvalue weighted by molar-refractivity contribution is -0.123. The molecule has 2 aromatic carbocycles. The fourth-order valence-corrected chi connectivity index (χ4v) is 2.88. The molecule has 0 radical (unpaired) electrons. The van der Waals surface area contributed by atoms with E-state index in [0.29, 0.717) is 5.69 Å². The Kier molecular flexibility index (Phi) is 5.55. The lowest BCUT2D eigenvalue weighted by Gasteiger charge is -2.13. The van der Waals surface area contributed by atoms with E-state index in [4.69, 9.17) is 0 Å². The highest BCUT2D eigenvalue weighted by Crippen LogP contribution is 2.22. The second-order valence-electron chi connectivity index (χ2n) is 5.56. The molecule has 120 valence electrons. The molecule has 0 aliphatic heterocycles. The quantitative estimate of drug-likeness (QED) is 0.781. The van der Waals surface area contributed by atoms with E-state index < -0.39 is 0 Å². The van der Waals surface area contributed by atoms with Crippen LogP contribution in [0.3, 0.4) is 0 Å². The Hall–Kier alpha value is -2.14. The highest BCUT2D eigenvalue weighted by Gasteiger charge is 2.12. The van der Waals surface area contributed by atoms with Gasteiger partial charge >= 0.3 is 0 Å². The molecule has 0 unspecified atom stereocenters. The van der Waals surface area contributed by atoms with Crippen LogP contribution in [0.25, 0.3) is 0 Å². The van der Waals surface area contributed by atoms with Crippen LogP contribution in [0, 0.1) is 20.8 Å². The Morgan fingerprint density at radius 2 is 1.57 bits per heavy atom. The number of aryl methyl sites for hydroxylation is 3. The number of benzene rings is 2. The molecule has 0 saturated heterocycles. The van der Waals surface area contributed by atoms with Crippen molar-refractivity contribution in [3.8, 4) is 0 Å². The minimum atomic E-state index is -0.344. The van der Waals surface area contributed by atoms with Crippen LogP contribution in [-0.4, -0.2) is 11.8 Å². The summed E-state index contributed by atoms with van der Waals surface area (Å²) in [5.41, 5.74) is 4.55. The van der Waals surface area contributed by atoms with Gasteiger partial charge in [0.1, 0.15) is 6.42 Å². The molecule has 0 aromatic heterocycles. The van der Waals surface area contributed by atoms with E-state index in [1.807, 2.05) is 45.0 Å². The van der Waals surface area contributed by atoms with Gasteiger partial charge in [-0.15, -0.1) is 0 Å². The largest absolute Gasteiger partial charge is 0.326 e. The monoisotopic (exact) mass is 374 g/mol. The number of rotatable bonds is 4. The molecule has 2 aromatic rings. The SMILES string of the molecule is Cc1cc(C)c(NC(=O)CC(=O)Nc2cccc(Br)c2)c(C)c1. The summed E-state index contributed by atoms with van der Waals surface area (Å²) in [4.78, 5) is 24.0. The van der Waals surface area contributed by atoms with Crippen molar-refractivity contribution in [2.24, 2.45) is 0 Å². The maximum Gasteiger partial charge on any atom is 0.233 e. The van der Waals surface area contributed by atoms with Gasteiger partial charge in [0, 0.05) is 15.8 Å². The van der Waals surface area contributed by atoms with Crippen molar-refractivity contribution in [2.45, 2.75) is 27.2 Å². The summed E-state index contributed by atoms with van der Waals surface area (Å²) in [6, 6.07) is 11.2. The van der Waals surface area contributed by atoms with Gasteiger partial charge < -0.3 is 10.6 Å². The third-order valence-electron chi connectivity index (χ3n) is 3.37. The first-order chi connectivity index (χ1) is 10.8. The van der Waals surface area contributed by atoms with Gasteiger partial charge in [0.2, 0.25) is 11.8 Å². The van der Waals surface area contributed by atoms with E-state index >= 15 is 0 Å². The van der Waals surface area contributed by atoms with Gasteiger partial charge in [-0.1, -0.05) is 39.7 Å². The molecule has 2 rings (SSSR count). The number of hydrogen-bond acceptors (Lipinski definition) is 2. The van der Waals surface area contributed by atoms with Crippen LogP contribution in [0.15, 0.2) is 40.9 Å². The van der Waals surface area contributed by atoms with Crippen LogP contribution in [0.4, 0.5) is 11.4 Å². The first-order valence-electron chi connectivity index (χ1n) is 7.28. The van der Waals surface area contributed by atoms with E-state index in [1.54, 1.807) is 12.1 Å². The Bertz CT molecular complexity index is 733. The molecule has 0 bridgehead atoms. The first-order valence-corrected chi connectivity index (χ1v) is 8.07. The van der Waals surface area contributed by atoms with Crippen molar-refractivity contribution in [3.63, 3.8) is 0 Å². The third kappa shape index (κ3) is 4.93. The fourth-order valence-electron chi connectivity index (χ4n) is 2.48. The molecule has 0 saturated carbocycles. The van der Waals surface area contributed by atoms with Crippen molar-refractivity contribution in [3.05, 3.63) is 57.6 Å². The highest BCUT2D eigenvalue weighted by molar-refractivity contribution is 9.10. The third-order valence-corrected chi connectivity index (χ3v) is 3.86. The molecule has 23 heavy (non-hydrogen) atoms. The number of anilines is 2. The second kappa shape index (κ2) is 7.42. The molecular formula is C18H19BrN2O2. The van der Waals surface area contributed by atoms with E-state index in [-0.39, 0.29) is 18.2 Å². The average Bonchev–Trinajstić information content (AvgIpc) is 2.42. The predicted octanol–water partition coefficient (Wildman–Crippen LogP) is 4.34.